The number of benzene rings is 1. The van der Waals surface area contributed by atoms with E-state index in [1.165, 1.54) is 27.3 Å². The summed E-state index contributed by atoms with van der Waals surface area (Å²) in [6, 6.07) is 15.0. The van der Waals surface area contributed by atoms with Gasteiger partial charge in [-0.05, 0) is 35.8 Å². The molecule has 0 radical (unpaired) electrons. The standard InChI is InChI=1S/C18H19NS2/c1-14-18(17-9-6-10-21-17)16(13-20-2)12-19(14)11-15-7-4-3-5-8-15/h3-10,12H,11,13H2,1-2H3. The minimum atomic E-state index is 0.944. The van der Waals surface area contributed by atoms with Crippen LogP contribution in [-0.2, 0) is 12.3 Å². The molecular formula is C18H19NS2. The lowest BCUT2D eigenvalue weighted by Gasteiger charge is -2.07. The van der Waals surface area contributed by atoms with Gasteiger partial charge in [0, 0.05) is 34.6 Å². The highest BCUT2D eigenvalue weighted by Crippen LogP contribution is 2.34. The number of hydrogen-bond acceptors (Lipinski definition) is 2. The third-order valence-electron chi connectivity index (χ3n) is 3.69. The molecule has 108 valence electrons. The van der Waals surface area contributed by atoms with E-state index < -0.39 is 0 Å². The molecule has 0 N–H and O–H groups in total. The summed E-state index contributed by atoms with van der Waals surface area (Å²) in [6.07, 6.45) is 4.50. The molecule has 0 aliphatic heterocycles. The van der Waals surface area contributed by atoms with Crippen molar-refractivity contribution in [1.29, 1.82) is 0 Å². The summed E-state index contributed by atoms with van der Waals surface area (Å²) in [6.45, 7) is 3.18. The molecule has 2 heterocycles. The van der Waals surface area contributed by atoms with Gasteiger partial charge >= 0.3 is 0 Å². The third kappa shape index (κ3) is 3.09. The van der Waals surface area contributed by atoms with Crippen LogP contribution in [0.4, 0.5) is 0 Å². The van der Waals surface area contributed by atoms with Crippen molar-refractivity contribution in [2.45, 2.75) is 19.2 Å². The Hall–Kier alpha value is -1.45. The van der Waals surface area contributed by atoms with Gasteiger partial charge in [-0.1, -0.05) is 36.4 Å². The molecule has 0 atom stereocenters. The van der Waals surface area contributed by atoms with E-state index >= 15 is 0 Å². The van der Waals surface area contributed by atoms with Crippen LogP contribution in [0.3, 0.4) is 0 Å². The molecule has 0 saturated heterocycles. The average molecular weight is 313 g/mol. The lowest BCUT2D eigenvalue weighted by Crippen LogP contribution is -2.00. The minimum absolute atomic E-state index is 0.944. The van der Waals surface area contributed by atoms with Gasteiger partial charge in [0.05, 0.1) is 0 Å². The Morgan fingerprint density at radius 2 is 1.90 bits per heavy atom. The van der Waals surface area contributed by atoms with Crippen molar-refractivity contribution in [1.82, 2.24) is 4.57 Å². The molecule has 1 nitrogen and oxygen atoms in total. The van der Waals surface area contributed by atoms with Gasteiger partial charge in [0.1, 0.15) is 0 Å². The van der Waals surface area contributed by atoms with Crippen molar-refractivity contribution >= 4 is 23.1 Å². The van der Waals surface area contributed by atoms with E-state index in [0.29, 0.717) is 0 Å². The molecular weight excluding hydrogens is 294 g/mol. The number of nitrogens with zero attached hydrogens (tertiary/aromatic N) is 1. The Balaban J connectivity index is 2.00. The molecule has 1 aromatic carbocycles. The van der Waals surface area contributed by atoms with E-state index in [2.05, 4.69) is 71.8 Å². The smallest absolute Gasteiger partial charge is 0.0473 e. The normalized spacial score (nSPS) is 11.0. The molecule has 0 saturated carbocycles. The molecule has 0 fully saturated rings. The minimum Gasteiger partial charge on any atom is -0.346 e. The van der Waals surface area contributed by atoms with Gasteiger partial charge in [0.2, 0.25) is 0 Å². The van der Waals surface area contributed by atoms with Crippen LogP contribution in [0, 0.1) is 6.92 Å². The highest BCUT2D eigenvalue weighted by atomic mass is 32.2. The second-order valence-corrected chi connectivity index (χ2v) is 6.95. The Morgan fingerprint density at radius 3 is 2.57 bits per heavy atom. The van der Waals surface area contributed by atoms with Crippen molar-refractivity contribution in [3.63, 3.8) is 0 Å². The van der Waals surface area contributed by atoms with Gasteiger partial charge < -0.3 is 4.57 Å². The predicted octanol–water partition coefficient (Wildman–Crippen LogP) is 5.44. The number of thioether (sulfide) groups is 1. The second-order valence-electron chi connectivity index (χ2n) is 5.14. The van der Waals surface area contributed by atoms with Crippen molar-refractivity contribution in [3.05, 3.63) is 70.9 Å². The van der Waals surface area contributed by atoms with Crippen molar-refractivity contribution in [3.8, 4) is 10.4 Å². The molecule has 0 amide bonds. The first-order chi connectivity index (χ1) is 10.3. The molecule has 21 heavy (non-hydrogen) atoms. The van der Waals surface area contributed by atoms with Gasteiger partial charge in [-0.15, -0.1) is 11.3 Å². The number of thiophene rings is 1. The number of aromatic nitrogens is 1. The average Bonchev–Trinajstić information content (AvgIpc) is 3.10. The van der Waals surface area contributed by atoms with Crippen molar-refractivity contribution in [2.24, 2.45) is 0 Å². The molecule has 0 aliphatic carbocycles. The maximum Gasteiger partial charge on any atom is 0.0473 e. The maximum atomic E-state index is 2.38. The summed E-state index contributed by atoms with van der Waals surface area (Å²) in [7, 11) is 0. The van der Waals surface area contributed by atoms with E-state index in [4.69, 9.17) is 0 Å². The van der Waals surface area contributed by atoms with Gasteiger partial charge in [-0.3, -0.25) is 0 Å². The quantitative estimate of drug-likeness (QED) is 0.607. The van der Waals surface area contributed by atoms with Gasteiger partial charge in [-0.2, -0.15) is 11.8 Å². The summed E-state index contributed by atoms with van der Waals surface area (Å²) in [4.78, 5) is 1.38. The van der Waals surface area contributed by atoms with Crippen LogP contribution in [-0.4, -0.2) is 10.8 Å². The fourth-order valence-electron chi connectivity index (χ4n) is 2.69. The van der Waals surface area contributed by atoms with Crippen molar-refractivity contribution in [2.75, 3.05) is 6.26 Å². The Kier molecular flexibility index (Phi) is 4.51. The lowest BCUT2D eigenvalue weighted by molar-refractivity contribution is 0.776. The summed E-state index contributed by atoms with van der Waals surface area (Å²) >= 11 is 3.71. The fraction of sp³-hybridized carbons (Fsp3) is 0.222. The summed E-state index contributed by atoms with van der Waals surface area (Å²) in [5.41, 5.74) is 5.59. The van der Waals surface area contributed by atoms with Crippen LogP contribution in [0.15, 0.2) is 54.0 Å². The lowest BCUT2D eigenvalue weighted by atomic mass is 10.1. The molecule has 3 aromatic rings. The first-order valence-electron chi connectivity index (χ1n) is 7.05. The summed E-state index contributed by atoms with van der Waals surface area (Å²) in [5, 5.41) is 2.16. The van der Waals surface area contributed by atoms with Crippen LogP contribution in [0.2, 0.25) is 0 Å². The first kappa shape index (κ1) is 14.5. The largest absolute Gasteiger partial charge is 0.346 e. The molecule has 0 bridgehead atoms. The van der Waals surface area contributed by atoms with E-state index in [-0.39, 0.29) is 0 Å². The van der Waals surface area contributed by atoms with E-state index in [1.54, 1.807) is 0 Å². The summed E-state index contributed by atoms with van der Waals surface area (Å²) in [5.74, 6) is 1.07. The fourth-order valence-corrected chi connectivity index (χ4v) is 4.08. The van der Waals surface area contributed by atoms with E-state index in [9.17, 15) is 0 Å². The molecule has 3 heteroatoms. The molecule has 0 spiro atoms. The van der Waals surface area contributed by atoms with Crippen LogP contribution in [0.25, 0.3) is 10.4 Å². The molecule has 3 rings (SSSR count). The van der Waals surface area contributed by atoms with Gasteiger partial charge in [-0.25, -0.2) is 0 Å². The monoisotopic (exact) mass is 313 g/mol. The van der Waals surface area contributed by atoms with Gasteiger partial charge in [0.25, 0.3) is 0 Å². The second kappa shape index (κ2) is 6.54. The summed E-state index contributed by atoms with van der Waals surface area (Å²) < 4.78 is 2.38. The SMILES string of the molecule is CSCc1cn(Cc2ccccc2)c(C)c1-c1cccs1. The molecule has 2 aromatic heterocycles. The van der Waals surface area contributed by atoms with Crippen LogP contribution < -0.4 is 0 Å². The highest BCUT2D eigenvalue weighted by Gasteiger charge is 2.15. The number of hydrogen-bond donors (Lipinski definition) is 0. The molecule has 0 unspecified atom stereocenters. The number of rotatable bonds is 5. The first-order valence-corrected chi connectivity index (χ1v) is 9.32. The van der Waals surface area contributed by atoms with Crippen LogP contribution in [0.1, 0.15) is 16.8 Å². The Morgan fingerprint density at radius 1 is 1.10 bits per heavy atom. The highest BCUT2D eigenvalue weighted by molar-refractivity contribution is 7.97. The topological polar surface area (TPSA) is 4.93 Å². The van der Waals surface area contributed by atoms with E-state index in [1.807, 2.05) is 23.1 Å². The maximum absolute atomic E-state index is 2.38. The van der Waals surface area contributed by atoms with Crippen LogP contribution in [0.5, 0.6) is 0 Å². The molecule has 0 aliphatic rings. The van der Waals surface area contributed by atoms with Crippen molar-refractivity contribution < 1.29 is 0 Å². The van der Waals surface area contributed by atoms with Gasteiger partial charge in [0.15, 0.2) is 0 Å². The zero-order valence-electron chi connectivity index (χ0n) is 12.4. The zero-order valence-corrected chi connectivity index (χ0v) is 14.0. The van der Waals surface area contributed by atoms with E-state index in [0.717, 1.165) is 12.3 Å². The zero-order chi connectivity index (χ0) is 14.7. The third-order valence-corrected chi connectivity index (χ3v) is 5.18. The Bertz CT molecular complexity index is 696. The Labute approximate surface area is 134 Å². The predicted molar refractivity (Wildman–Crippen MR) is 95.2 cm³/mol. The van der Waals surface area contributed by atoms with Crippen LogP contribution >= 0.6 is 23.1 Å².